The van der Waals surface area contributed by atoms with Crippen LogP contribution in [0.3, 0.4) is 0 Å². The van der Waals surface area contributed by atoms with Gasteiger partial charge in [-0.25, -0.2) is 8.42 Å². The van der Waals surface area contributed by atoms with Crippen molar-refractivity contribution in [2.45, 2.75) is 11.8 Å². The molecule has 0 radical (unpaired) electrons. The molecule has 0 aliphatic heterocycles. The number of rotatable bonds is 7. The Morgan fingerprint density at radius 3 is 2.23 bits per heavy atom. The van der Waals surface area contributed by atoms with Crippen LogP contribution in [0, 0.1) is 6.92 Å². The topological polar surface area (TPSA) is 75.7 Å². The van der Waals surface area contributed by atoms with Crippen LogP contribution in [-0.4, -0.2) is 28.0 Å². The maximum Gasteiger partial charge on any atom is 0.264 e. The molecule has 0 unspecified atom stereocenters. The molecule has 3 rings (SSSR count). The van der Waals surface area contributed by atoms with Crippen molar-refractivity contribution in [1.29, 1.82) is 0 Å². The first-order valence-electron chi connectivity index (χ1n) is 9.19. The molecule has 9 heteroatoms. The standard InChI is InChI=1S/C22H20Cl2N2O4S/c1-15-10-20(8-9-21(15)30-2)31(28,29)26(19-6-4-3-5-7-19)14-22(27)25-18-12-16(23)11-17(24)13-18/h3-13H,14H2,1-2H3,(H,25,27). The highest BCUT2D eigenvalue weighted by Crippen LogP contribution is 2.28. The van der Waals surface area contributed by atoms with E-state index in [2.05, 4.69) is 5.32 Å². The predicted octanol–water partition coefficient (Wildman–Crippen LogP) is 5.14. The summed E-state index contributed by atoms with van der Waals surface area (Å²) in [6.45, 7) is 1.31. The largest absolute Gasteiger partial charge is 0.496 e. The van der Waals surface area contributed by atoms with Gasteiger partial charge in [0.25, 0.3) is 10.0 Å². The molecule has 0 atom stereocenters. The van der Waals surface area contributed by atoms with Crippen molar-refractivity contribution in [3.63, 3.8) is 0 Å². The first kappa shape index (κ1) is 22.9. The Labute approximate surface area is 191 Å². The highest BCUT2D eigenvalue weighted by Gasteiger charge is 2.27. The molecule has 0 heterocycles. The monoisotopic (exact) mass is 478 g/mol. The molecule has 0 bridgehead atoms. The second-order valence-corrected chi connectivity index (χ2v) is 9.42. The van der Waals surface area contributed by atoms with Gasteiger partial charge in [-0.3, -0.25) is 9.10 Å². The lowest BCUT2D eigenvalue weighted by molar-refractivity contribution is -0.114. The Hall–Kier alpha value is -2.74. The summed E-state index contributed by atoms with van der Waals surface area (Å²) >= 11 is 12.0. The molecule has 162 valence electrons. The minimum atomic E-state index is -4.04. The molecule has 3 aromatic rings. The molecule has 0 spiro atoms. The van der Waals surface area contributed by atoms with Gasteiger partial charge >= 0.3 is 0 Å². The van der Waals surface area contributed by atoms with E-state index in [0.717, 1.165) is 4.31 Å². The number of para-hydroxylation sites is 1. The third-order valence-electron chi connectivity index (χ3n) is 4.43. The van der Waals surface area contributed by atoms with Crippen LogP contribution < -0.4 is 14.4 Å². The van der Waals surface area contributed by atoms with Gasteiger partial charge in [0.2, 0.25) is 5.91 Å². The normalized spacial score (nSPS) is 11.1. The van der Waals surface area contributed by atoms with Crippen LogP contribution in [-0.2, 0) is 14.8 Å². The molecular formula is C22H20Cl2N2O4S. The zero-order valence-electron chi connectivity index (χ0n) is 16.8. The number of carbonyl (C=O) groups is 1. The number of aryl methyl sites for hydroxylation is 1. The Bertz CT molecular complexity index is 1180. The molecule has 1 N–H and O–H groups in total. The van der Waals surface area contributed by atoms with Gasteiger partial charge in [-0.2, -0.15) is 0 Å². The molecular weight excluding hydrogens is 459 g/mol. The molecule has 0 aromatic heterocycles. The number of amides is 1. The summed E-state index contributed by atoms with van der Waals surface area (Å²) in [6.07, 6.45) is 0. The molecule has 0 saturated carbocycles. The number of carbonyl (C=O) groups excluding carboxylic acids is 1. The number of benzene rings is 3. The second kappa shape index (κ2) is 9.60. The number of hydrogen-bond acceptors (Lipinski definition) is 4. The van der Waals surface area contributed by atoms with E-state index in [1.54, 1.807) is 43.3 Å². The lowest BCUT2D eigenvalue weighted by atomic mass is 10.2. The quantitative estimate of drug-likeness (QED) is 0.509. The minimum absolute atomic E-state index is 0.0493. The van der Waals surface area contributed by atoms with Crippen molar-refractivity contribution in [2.75, 3.05) is 23.3 Å². The van der Waals surface area contributed by atoms with Crippen LogP contribution in [0.1, 0.15) is 5.56 Å². The van der Waals surface area contributed by atoms with Crippen molar-refractivity contribution >= 4 is 50.5 Å². The van der Waals surface area contributed by atoms with E-state index in [4.69, 9.17) is 27.9 Å². The van der Waals surface area contributed by atoms with Gasteiger partial charge in [0.05, 0.1) is 17.7 Å². The zero-order valence-corrected chi connectivity index (χ0v) is 19.1. The summed E-state index contributed by atoms with van der Waals surface area (Å²) in [5.74, 6) is 0.0248. The number of halogens is 2. The van der Waals surface area contributed by atoms with Gasteiger partial charge < -0.3 is 10.1 Å². The van der Waals surface area contributed by atoms with E-state index >= 15 is 0 Å². The van der Waals surface area contributed by atoms with Crippen LogP contribution >= 0.6 is 23.2 Å². The Morgan fingerprint density at radius 2 is 1.65 bits per heavy atom. The van der Waals surface area contributed by atoms with Crippen LogP contribution in [0.2, 0.25) is 10.0 Å². The maximum absolute atomic E-state index is 13.4. The fourth-order valence-corrected chi connectivity index (χ4v) is 5.04. The Balaban J connectivity index is 1.95. The van der Waals surface area contributed by atoms with Crippen molar-refractivity contribution in [1.82, 2.24) is 0 Å². The number of anilines is 2. The third-order valence-corrected chi connectivity index (χ3v) is 6.64. The van der Waals surface area contributed by atoms with E-state index in [1.807, 2.05) is 0 Å². The fraction of sp³-hybridized carbons (Fsp3) is 0.136. The number of nitrogens with one attached hydrogen (secondary N) is 1. The van der Waals surface area contributed by atoms with Crippen molar-refractivity contribution in [3.05, 3.63) is 82.3 Å². The summed E-state index contributed by atoms with van der Waals surface area (Å²) in [5, 5.41) is 3.34. The van der Waals surface area contributed by atoms with E-state index < -0.39 is 22.5 Å². The number of nitrogens with zero attached hydrogens (tertiary/aromatic N) is 1. The van der Waals surface area contributed by atoms with Crippen molar-refractivity contribution in [2.24, 2.45) is 0 Å². The smallest absolute Gasteiger partial charge is 0.264 e. The van der Waals surface area contributed by atoms with Gasteiger partial charge in [-0.15, -0.1) is 0 Å². The summed E-state index contributed by atoms with van der Waals surface area (Å²) in [4.78, 5) is 12.8. The van der Waals surface area contributed by atoms with Gasteiger partial charge in [0.1, 0.15) is 12.3 Å². The van der Waals surface area contributed by atoms with E-state index in [0.29, 0.717) is 32.7 Å². The summed E-state index contributed by atoms with van der Waals surface area (Å²) in [6, 6.07) is 17.5. The number of hydrogen-bond donors (Lipinski definition) is 1. The average molecular weight is 479 g/mol. The lowest BCUT2D eigenvalue weighted by Crippen LogP contribution is -2.38. The second-order valence-electron chi connectivity index (χ2n) is 6.68. The number of ether oxygens (including phenoxy) is 1. The van der Waals surface area contributed by atoms with Crippen LogP contribution in [0.25, 0.3) is 0 Å². The fourth-order valence-electron chi connectivity index (χ4n) is 3.00. The van der Waals surface area contributed by atoms with Crippen LogP contribution in [0.15, 0.2) is 71.6 Å². The summed E-state index contributed by atoms with van der Waals surface area (Å²) < 4.78 is 33.2. The van der Waals surface area contributed by atoms with E-state index in [1.165, 1.54) is 37.4 Å². The molecule has 0 saturated heterocycles. The molecule has 1 amide bonds. The number of methoxy groups -OCH3 is 1. The lowest BCUT2D eigenvalue weighted by Gasteiger charge is -2.24. The maximum atomic E-state index is 13.4. The van der Waals surface area contributed by atoms with Gasteiger partial charge in [-0.05, 0) is 61.0 Å². The van der Waals surface area contributed by atoms with Gasteiger partial charge in [0, 0.05) is 15.7 Å². The molecule has 6 nitrogen and oxygen atoms in total. The van der Waals surface area contributed by atoms with Crippen molar-refractivity contribution in [3.8, 4) is 5.75 Å². The Kier molecular flexibility index (Phi) is 7.10. The highest BCUT2D eigenvalue weighted by atomic mass is 35.5. The number of sulfonamides is 1. The van der Waals surface area contributed by atoms with Crippen molar-refractivity contribution < 1.29 is 17.9 Å². The van der Waals surface area contributed by atoms with Gasteiger partial charge in [-0.1, -0.05) is 41.4 Å². The van der Waals surface area contributed by atoms with E-state index in [-0.39, 0.29) is 4.90 Å². The highest BCUT2D eigenvalue weighted by molar-refractivity contribution is 7.92. The van der Waals surface area contributed by atoms with Gasteiger partial charge in [0.15, 0.2) is 0 Å². The summed E-state index contributed by atoms with van der Waals surface area (Å²) in [7, 11) is -2.53. The first-order chi connectivity index (χ1) is 14.7. The first-order valence-corrected chi connectivity index (χ1v) is 11.4. The molecule has 0 fully saturated rings. The average Bonchev–Trinajstić information content (AvgIpc) is 2.71. The zero-order chi connectivity index (χ0) is 22.6. The van der Waals surface area contributed by atoms with E-state index in [9.17, 15) is 13.2 Å². The van der Waals surface area contributed by atoms with Crippen LogP contribution in [0.5, 0.6) is 5.75 Å². The van der Waals surface area contributed by atoms with Crippen LogP contribution in [0.4, 0.5) is 11.4 Å². The Morgan fingerprint density at radius 1 is 1.00 bits per heavy atom. The predicted molar refractivity (Wildman–Crippen MR) is 124 cm³/mol. The SMILES string of the molecule is COc1ccc(S(=O)(=O)N(CC(=O)Nc2cc(Cl)cc(Cl)c2)c2ccccc2)cc1C. The molecule has 0 aliphatic carbocycles. The summed E-state index contributed by atoms with van der Waals surface area (Å²) in [5.41, 5.74) is 1.39. The molecule has 3 aromatic carbocycles. The third kappa shape index (κ3) is 5.50. The molecule has 0 aliphatic rings. The molecule has 31 heavy (non-hydrogen) atoms. The minimum Gasteiger partial charge on any atom is -0.496 e.